The van der Waals surface area contributed by atoms with Crippen LogP contribution in [0.15, 0.2) is 54.6 Å². The zero-order chi connectivity index (χ0) is 18.4. The van der Waals surface area contributed by atoms with Crippen molar-refractivity contribution in [3.05, 3.63) is 71.3 Å². The highest BCUT2D eigenvalue weighted by Crippen LogP contribution is 2.15. The van der Waals surface area contributed by atoms with Crippen molar-refractivity contribution in [3.63, 3.8) is 0 Å². The first-order valence-electron chi connectivity index (χ1n) is 9.10. The van der Waals surface area contributed by atoms with Crippen molar-refractivity contribution in [2.75, 3.05) is 13.1 Å². The average molecular weight is 351 g/mol. The number of rotatable bonds is 6. The quantitative estimate of drug-likeness (QED) is 0.840. The number of primary amides is 1. The number of piperidine rings is 1. The third-order valence-corrected chi connectivity index (χ3v) is 4.76. The highest BCUT2D eigenvalue weighted by Gasteiger charge is 2.20. The largest absolute Gasteiger partial charge is 0.368 e. The number of likely N-dealkylation sites (tertiary alicyclic amines) is 1. The summed E-state index contributed by atoms with van der Waals surface area (Å²) < 4.78 is 0. The molecule has 0 aliphatic carbocycles. The molecule has 2 amide bonds. The second-order valence-corrected chi connectivity index (χ2v) is 6.75. The van der Waals surface area contributed by atoms with Gasteiger partial charge in [-0.05, 0) is 49.2 Å². The van der Waals surface area contributed by atoms with E-state index < -0.39 is 11.9 Å². The molecule has 5 nitrogen and oxygen atoms in total. The third kappa shape index (κ3) is 4.70. The first-order valence-corrected chi connectivity index (χ1v) is 9.10. The zero-order valence-corrected chi connectivity index (χ0v) is 14.9. The summed E-state index contributed by atoms with van der Waals surface area (Å²) in [7, 11) is 0. The van der Waals surface area contributed by atoms with Gasteiger partial charge in [-0.1, -0.05) is 48.9 Å². The fourth-order valence-electron chi connectivity index (χ4n) is 3.32. The maximum absolute atomic E-state index is 12.5. The molecule has 0 saturated carbocycles. The van der Waals surface area contributed by atoms with Crippen molar-refractivity contribution >= 4 is 11.8 Å². The van der Waals surface area contributed by atoms with Crippen molar-refractivity contribution in [3.8, 4) is 0 Å². The Balaban J connectivity index is 1.64. The lowest BCUT2D eigenvalue weighted by Crippen LogP contribution is -2.37. The molecule has 1 aliphatic heterocycles. The molecule has 0 unspecified atom stereocenters. The normalized spacial score (nSPS) is 16.0. The summed E-state index contributed by atoms with van der Waals surface area (Å²) in [6.45, 7) is 3.19. The second-order valence-electron chi connectivity index (χ2n) is 6.75. The van der Waals surface area contributed by atoms with Crippen LogP contribution in [-0.4, -0.2) is 29.8 Å². The van der Waals surface area contributed by atoms with Gasteiger partial charge in [0, 0.05) is 12.1 Å². The van der Waals surface area contributed by atoms with Gasteiger partial charge in [0.05, 0.1) is 0 Å². The summed E-state index contributed by atoms with van der Waals surface area (Å²) in [6, 6.07) is 15.8. The van der Waals surface area contributed by atoms with E-state index in [1.807, 2.05) is 30.3 Å². The van der Waals surface area contributed by atoms with E-state index in [9.17, 15) is 9.59 Å². The smallest absolute Gasteiger partial charge is 0.252 e. The number of benzene rings is 2. The van der Waals surface area contributed by atoms with Gasteiger partial charge in [-0.25, -0.2) is 0 Å². The van der Waals surface area contributed by atoms with Crippen molar-refractivity contribution in [2.45, 2.75) is 31.8 Å². The first kappa shape index (κ1) is 18.1. The van der Waals surface area contributed by atoms with Crippen LogP contribution in [0.4, 0.5) is 0 Å². The Morgan fingerprint density at radius 3 is 2.23 bits per heavy atom. The van der Waals surface area contributed by atoms with Gasteiger partial charge in [-0.3, -0.25) is 14.5 Å². The molecule has 2 aromatic carbocycles. The minimum Gasteiger partial charge on any atom is -0.368 e. The standard InChI is InChI=1S/C21H25N3O2/c22-20(25)19(17-7-3-1-4-8-17)23-21(26)18-11-9-16(10-12-18)15-24-13-5-2-6-14-24/h1,3-4,7-12,19H,2,5-6,13-15H2,(H2,22,25)(H,23,26)/t19-/m0/s1. The topological polar surface area (TPSA) is 75.4 Å². The van der Waals surface area contributed by atoms with Crippen LogP contribution in [0.1, 0.15) is 46.8 Å². The zero-order valence-electron chi connectivity index (χ0n) is 14.9. The molecular formula is C21H25N3O2. The molecule has 5 heteroatoms. The molecule has 1 saturated heterocycles. The van der Waals surface area contributed by atoms with Crippen molar-refractivity contribution < 1.29 is 9.59 Å². The molecule has 26 heavy (non-hydrogen) atoms. The Morgan fingerprint density at radius 2 is 1.62 bits per heavy atom. The minimum absolute atomic E-state index is 0.304. The number of amides is 2. The number of nitrogens with one attached hydrogen (secondary N) is 1. The highest BCUT2D eigenvalue weighted by atomic mass is 16.2. The second kappa shape index (κ2) is 8.63. The Labute approximate surface area is 154 Å². The lowest BCUT2D eigenvalue weighted by Gasteiger charge is -2.26. The molecule has 3 rings (SSSR count). The molecule has 1 aliphatic rings. The van der Waals surface area contributed by atoms with E-state index in [0.717, 1.165) is 19.6 Å². The number of carbonyl (C=O) groups excluding carboxylic acids is 2. The molecule has 3 N–H and O–H groups in total. The van der Waals surface area contributed by atoms with Crippen LogP contribution < -0.4 is 11.1 Å². The summed E-state index contributed by atoms with van der Waals surface area (Å²) in [5.41, 5.74) is 7.86. The molecule has 1 heterocycles. The van der Waals surface area contributed by atoms with Gasteiger partial charge >= 0.3 is 0 Å². The molecule has 1 atom stereocenters. The van der Waals surface area contributed by atoms with Crippen molar-refractivity contribution in [1.29, 1.82) is 0 Å². The Hall–Kier alpha value is -2.66. The van der Waals surface area contributed by atoms with Crippen LogP contribution in [0.5, 0.6) is 0 Å². The van der Waals surface area contributed by atoms with Crippen LogP contribution in [0, 0.1) is 0 Å². The lowest BCUT2D eigenvalue weighted by atomic mass is 10.0. The number of hydrogen-bond acceptors (Lipinski definition) is 3. The highest BCUT2D eigenvalue weighted by molar-refractivity contribution is 5.97. The van der Waals surface area contributed by atoms with Gasteiger partial charge in [0.2, 0.25) is 5.91 Å². The monoisotopic (exact) mass is 351 g/mol. The van der Waals surface area contributed by atoms with Gasteiger partial charge in [0.1, 0.15) is 6.04 Å². The lowest BCUT2D eigenvalue weighted by molar-refractivity contribution is -0.120. The van der Waals surface area contributed by atoms with Gasteiger partial charge < -0.3 is 11.1 Å². The van der Waals surface area contributed by atoms with E-state index >= 15 is 0 Å². The van der Waals surface area contributed by atoms with Crippen LogP contribution in [0.3, 0.4) is 0 Å². The maximum Gasteiger partial charge on any atom is 0.252 e. The summed E-state index contributed by atoms with van der Waals surface area (Å²) >= 11 is 0. The maximum atomic E-state index is 12.5. The van der Waals surface area contributed by atoms with Gasteiger partial charge in [0.15, 0.2) is 0 Å². The molecular weight excluding hydrogens is 326 g/mol. The predicted molar refractivity (Wildman–Crippen MR) is 101 cm³/mol. The van der Waals surface area contributed by atoms with Crippen LogP contribution in [0.2, 0.25) is 0 Å². The van der Waals surface area contributed by atoms with Crippen molar-refractivity contribution in [2.24, 2.45) is 5.73 Å². The minimum atomic E-state index is -0.836. The van der Waals surface area contributed by atoms with E-state index in [4.69, 9.17) is 5.73 Å². The fraction of sp³-hybridized carbons (Fsp3) is 0.333. The third-order valence-electron chi connectivity index (χ3n) is 4.76. The molecule has 0 aromatic heterocycles. The van der Waals surface area contributed by atoms with E-state index in [1.165, 1.54) is 24.8 Å². The summed E-state index contributed by atoms with van der Waals surface area (Å²) in [5, 5.41) is 2.73. The SMILES string of the molecule is NC(=O)[C@@H](NC(=O)c1ccc(CN2CCCCC2)cc1)c1ccccc1. The fourth-order valence-corrected chi connectivity index (χ4v) is 3.32. The number of carbonyl (C=O) groups is 2. The van der Waals surface area contributed by atoms with Gasteiger partial charge in [-0.15, -0.1) is 0 Å². The molecule has 136 valence electrons. The average Bonchev–Trinajstić information content (AvgIpc) is 2.68. The van der Waals surface area contributed by atoms with Gasteiger partial charge in [0.25, 0.3) is 5.91 Å². The summed E-state index contributed by atoms with van der Waals surface area (Å²) in [6.07, 6.45) is 3.83. The van der Waals surface area contributed by atoms with Gasteiger partial charge in [-0.2, -0.15) is 0 Å². The van der Waals surface area contributed by atoms with E-state index in [2.05, 4.69) is 10.2 Å². The summed E-state index contributed by atoms with van der Waals surface area (Å²) in [5.74, 6) is -0.881. The molecule has 0 bridgehead atoms. The van der Waals surface area contributed by atoms with Crippen LogP contribution in [0.25, 0.3) is 0 Å². The Morgan fingerprint density at radius 1 is 0.962 bits per heavy atom. The summed E-state index contributed by atoms with van der Waals surface area (Å²) in [4.78, 5) is 26.7. The molecule has 2 aromatic rings. The Kier molecular flexibility index (Phi) is 6.02. The van der Waals surface area contributed by atoms with E-state index in [1.54, 1.807) is 24.3 Å². The molecule has 1 fully saturated rings. The Bertz CT molecular complexity index is 738. The van der Waals surface area contributed by atoms with Crippen LogP contribution >= 0.6 is 0 Å². The van der Waals surface area contributed by atoms with Crippen LogP contribution in [-0.2, 0) is 11.3 Å². The molecule has 0 spiro atoms. The number of hydrogen-bond donors (Lipinski definition) is 2. The first-order chi connectivity index (χ1) is 12.6. The molecule has 0 radical (unpaired) electrons. The van der Waals surface area contributed by atoms with E-state index in [-0.39, 0.29) is 5.91 Å². The predicted octanol–water partition coefficient (Wildman–Crippen LogP) is 2.63. The van der Waals surface area contributed by atoms with Crippen molar-refractivity contribution in [1.82, 2.24) is 10.2 Å². The number of nitrogens with zero attached hydrogens (tertiary/aromatic N) is 1. The number of nitrogens with two attached hydrogens (primary N) is 1. The van der Waals surface area contributed by atoms with E-state index in [0.29, 0.717) is 11.1 Å².